The number of hydrogen-bond donors (Lipinski definition) is 2. The second-order valence-corrected chi connectivity index (χ2v) is 5.73. The summed E-state index contributed by atoms with van der Waals surface area (Å²) in [5, 5.41) is 1.67. The van der Waals surface area contributed by atoms with Gasteiger partial charge in [0.15, 0.2) is 0 Å². The van der Waals surface area contributed by atoms with Crippen LogP contribution in [0.15, 0.2) is 46.9 Å². The minimum atomic E-state index is -0.184. The summed E-state index contributed by atoms with van der Waals surface area (Å²) in [6.45, 7) is 4.15. The Balaban J connectivity index is 2.09. The van der Waals surface area contributed by atoms with Crippen LogP contribution in [0.4, 0.5) is 0 Å². The molecule has 2 aromatic carbocycles. The Morgan fingerprint density at radius 3 is 2.62 bits per heavy atom. The van der Waals surface area contributed by atoms with E-state index in [-0.39, 0.29) is 6.04 Å². The Hall–Kier alpha value is -1.81. The minimum Gasteiger partial charge on any atom is -0.459 e. The number of hydrazine groups is 1. The summed E-state index contributed by atoms with van der Waals surface area (Å²) in [7, 11) is 0. The van der Waals surface area contributed by atoms with Gasteiger partial charge in [-0.25, -0.2) is 5.43 Å². The quantitative estimate of drug-likeness (QED) is 0.561. The van der Waals surface area contributed by atoms with Crippen molar-refractivity contribution in [3.63, 3.8) is 0 Å². The van der Waals surface area contributed by atoms with Crippen molar-refractivity contribution < 1.29 is 4.42 Å². The molecule has 3 aromatic rings. The molecule has 0 aliphatic rings. The lowest BCUT2D eigenvalue weighted by molar-refractivity contribution is 0.476. The smallest absolute Gasteiger partial charge is 0.134 e. The summed E-state index contributed by atoms with van der Waals surface area (Å²) in [6.07, 6.45) is 0. The van der Waals surface area contributed by atoms with Crippen LogP contribution in [0.3, 0.4) is 0 Å². The van der Waals surface area contributed by atoms with E-state index in [1.165, 1.54) is 11.1 Å². The zero-order chi connectivity index (χ0) is 15.0. The van der Waals surface area contributed by atoms with Gasteiger partial charge < -0.3 is 4.42 Å². The summed E-state index contributed by atoms with van der Waals surface area (Å²) in [5.41, 5.74) is 7.16. The molecular weight excluding hydrogens is 284 g/mol. The Kier molecular flexibility index (Phi) is 3.72. The van der Waals surface area contributed by atoms with Crippen molar-refractivity contribution in [3.05, 3.63) is 69.9 Å². The molecule has 3 N–H and O–H groups in total. The van der Waals surface area contributed by atoms with E-state index in [0.717, 1.165) is 22.3 Å². The molecule has 0 saturated carbocycles. The molecular formula is C17H17ClN2O. The summed E-state index contributed by atoms with van der Waals surface area (Å²) >= 11 is 6.02. The first-order chi connectivity index (χ1) is 10.1. The van der Waals surface area contributed by atoms with Gasteiger partial charge in [-0.15, -0.1) is 0 Å². The normalized spacial score (nSPS) is 12.8. The Morgan fingerprint density at radius 2 is 1.90 bits per heavy atom. The summed E-state index contributed by atoms with van der Waals surface area (Å²) in [5.74, 6) is 6.54. The van der Waals surface area contributed by atoms with Crippen LogP contribution >= 0.6 is 11.6 Å². The lowest BCUT2D eigenvalue weighted by atomic mass is 9.98. The van der Waals surface area contributed by atoms with Crippen LogP contribution in [0, 0.1) is 13.8 Å². The number of nitrogens with one attached hydrogen (secondary N) is 1. The number of hydrogen-bond acceptors (Lipinski definition) is 3. The highest BCUT2D eigenvalue weighted by atomic mass is 35.5. The number of nitrogens with two attached hydrogens (primary N) is 1. The van der Waals surface area contributed by atoms with Crippen molar-refractivity contribution >= 4 is 22.6 Å². The molecule has 3 rings (SSSR count). The number of halogens is 1. The standard InChI is InChI=1S/C17H17ClN2O/c1-10-3-5-14(11(2)7-10)17(20-19)16-9-12-8-13(18)4-6-15(12)21-16/h3-9,17,20H,19H2,1-2H3. The fourth-order valence-electron chi connectivity index (χ4n) is 2.65. The highest BCUT2D eigenvalue weighted by Crippen LogP contribution is 2.31. The van der Waals surface area contributed by atoms with Gasteiger partial charge in [-0.3, -0.25) is 5.84 Å². The zero-order valence-corrected chi connectivity index (χ0v) is 12.7. The maximum atomic E-state index is 6.02. The molecule has 0 bridgehead atoms. The van der Waals surface area contributed by atoms with Crippen molar-refractivity contribution in [2.45, 2.75) is 19.9 Å². The van der Waals surface area contributed by atoms with Crippen LogP contribution in [0.2, 0.25) is 5.02 Å². The molecule has 0 fully saturated rings. The Morgan fingerprint density at radius 1 is 1.10 bits per heavy atom. The largest absolute Gasteiger partial charge is 0.459 e. The molecule has 0 aliphatic heterocycles. The minimum absolute atomic E-state index is 0.184. The van der Waals surface area contributed by atoms with E-state index in [1.54, 1.807) is 0 Å². The van der Waals surface area contributed by atoms with Crippen molar-refractivity contribution in [1.82, 2.24) is 5.43 Å². The summed E-state index contributed by atoms with van der Waals surface area (Å²) in [4.78, 5) is 0. The molecule has 21 heavy (non-hydrogen) atoms. The number of fused-ring (bicyclic) bond motifs is 1. The van der Waals surface area contributed by atoms with Crippen LogP contribution in [0.5, 0.6) is 0 Å². The Bertz CT molecular complexity index is 795. The third-order valence-corrected chi connectivity index (χ3v) is 3.92. The van der Waals surface area contributed by atoms with Crippen LogP contribution < -0.4 is 11.3 Å². The fraction of sp³-hybridized carbons (Fsp3) is 0.176. The first-order valence-corrected chi connectivity index (χ1v) is 7.18. The van der Waals surface area contributed by atoms with E-state index in [2.05, 4.69) is 37.5 Å². The molecule has 0 radical (unpaired) electrons. The van der Waals surface area contributed by atoms with Gasteiger partial charge >= 0.3 is 0 Å². The average molecular weight is 301 g/mol. The van der Waals surface area contributed by atoms with E-state index >= 15 is 0 Å². The van der Waals surface area contributed by atoms with Crippen LogP contribution in [-0.4, -0.2) is 0 Å². The molecule has 1 aromatic heterocycles. The van der Waals surface area contributed by atoms with Gasteiger partial charge in [-0.05, 0) is 49.2 Å². The van der Waals surface area contributed by atoms with Crippen LogP contribution in [0.25, 0.3) is 11.0 Å². The number of benzene rings is 2. The predicted octanol–water partition coefficient (Wildman–Crippen LogP) is 4.26. The van der Waals surface area contributed by atoms with Gasteiger partial charge in [0.05, 0.1) is 0 Å². The van der Waals surface area contributed by atoms with Crippen molar-refractivity contribution in [2.75, 3.05) is 0 Å². The van der Waals surface area contributed by atoms with E-state index in [0.29, 0.717) is 5.02 Å². The second-order valence-electron chi connectivity index (χ2n) is 5.29. The summed E-state index contributed by atoms with van der Waals surface area (Å²) in [6, 6.07) is 13.7. The lowest BCUT2D eigenvalue weighted by Gasteiger charge is -2.16. The molecule has 4 heteroatoms. The molecule has 0 amide bonds. The third-order valence-electron chi connectivity index (χ3n) is 3.68. The number of rotatable bonds is 3. The van der Waals surface area contributed by atoms with Gasteiger partial charge in [-0.2, -0.15) is 0 Å². The van der Waals surface area contributed by atoms with Gasteiger partial charge in [0.1, 0.15) is 17.4 Å². The fourth-order valence-corrected chi connectivity index (χ4v) is 2.83. The lowest BCUT2D eigenvalue weighted by Crippen LogP contribution is -2.29. The summed E-state index contributed by atoms with van der Waals surface area (Å²) < 4.78 is 5.91. The van der Waals surface area contributed by atoms with E-state index in [4.69, 9.17) is 21.9 Å². The maximum Gasteiger partial charge on any atom is 0.134 e. The highest BCUT2D eigenvalue weighted by Gasteiger charge is 2.19. The van der Waals surface area contributed by atoms with Crippen molar-refractivity contribution in [1.29, 1.82) is 0 Å². The van der Waals surface area contributed by atoms with Gasteiger partial charge in [-0.1, -0.05) is 35.4 Å². The molecule has 1 atom stereocenters. The number of furan rings is 1. The van der Waals surface area contributed by atoms with Gasteiger partial charge in [0.2, 0.25) is 0 Å². The molecule has 3 nitrogen and oxygen atoms in total. The highest BCUT2D eigenvalue weighted by molar-refractivity contribution is 6.31. The van der Waals surface area contributed by atoms with E-state index in [1.807, 2.05) is 24.3 Å². The molecule has 0 aliphatic carbocycles. The van der Waals surface area contributed by atoms with Crippen LogP contribution in [0.1, 0.15) is 28.5 Å². The molecule has 0 saturated heterocycles. The molecule has 1 unspecified atom stereocenters. The van der Waals surface area contributed by atoms with Gasteiger partial charge in [0.25, 0.3) is 0 Å². The van der Waals surface area contributed by atoms with Crippen molar-refractivity contribution in [3.8, 4) is 0 Å². The molecule has 108 valence electrons. The predicted molar refractivity (Wildman–Crippen MR) is 86.3 cm³/mol. The molecule has 0 spiro atoms. The second kappa shape index (κ2) is 5.53. The zero-order valence-electron chi connectivity index (χ0n) is 12.0. The van der Waals surface area contributed by atoms with Crippen molar-refractivity contribution in [2.24, 2.45) is 5.84 Å². The average Bonchev–Trinajstić information content (AvgIpc) is 2.84. The maximum absolute atomic E-state index is 6.02. The first kappa shape index (κ1) is 14.1. The molecule has 1 heterocycles. The Labute approximate surface area is 128 Å². The topological polar surface area (TPSA) is 51.2 Å². The third kappa shape index (κ3) is 2.68. The first-order valence-electron chi connectivity index (χ1n) is 6.81. The van der Waals surface area contributed by atoms with E-state index in [9.17, 15) is 0 Å². The number of aryl methyl sites for hydroxylation is 2. The van der Waals surface area contributed by atoms with E-state index < -0.39 is 0 Å². The van der Waals surface area contributed by atoms with Gasteiger partial charge in [0, 0.05) is 10.4 Å². The SMILES string of the molecule is Cc1ccc(C(NN)c2cc3cc(Cl)ccc3o2)c(C)c1. The monoisotopic (exact) mass is 300 g/mol. The van der Waals surface area contributed by atoms with Crippen LogP contribution in [-0.2, 0) is 0 Å².